The first-order chi connectivity index (χ1) is 8.18. The summed E-state index contributed by atoms with van der Waals surface area (Å²) in [5.41, 5.74) is 7.10. The molecule has 0 aliphatic carbocycles. The lowest BCUT2D eigenvalue weighted by Gasteiger charge is -2.33. The fraction of sp³-hybridized carbons (Fsp3) is 0.500. The third-order valence-electron chi connectivity index (χ3n) is 3.60. The van der Waals surface area contributed by atoms with E-state index in [0.717, 1.165) is 18.7 Å². The smallest absolute Gasteiger partial charge is 0.249 e. The Bertz CT molecular complexity index is 403. The number of nitrogens with two attached hydrogens (primary N) is 1. The van der Waals surface area contributed by atoms with Gasteiger partial charge in [-0.15, -0.1) is 0 Å². The highest BCUT2D eigenvalue weighted by molar-refractivity contribution is 5.94. The Balaban J connectivity index is 2.14. The first-order valence-electron chi connectivity index (χ1n) is 6.30. The molecule has 1 atom stereocenters. The van der Waals surface area contributed by atoms with E-state index in [2.05, 4.69) is 11.8 Å². The van der Waals surface area contributed by atoms with Gasteiger partial charge in [0.05, 0.1) is 0 Å². The summed E-state index contributed by atoms with van der Waals surface area (Å²) >= 11 is 0. The molecule has 1 unspecified atom stereocenters. The second-order valence-corrected chi connectivity index (χ2v) is 4.84. The minimum absolute atomic E-state index is 0.328. The zero-order valence-electron chi connectivity index (χ0n) is 10.4. The van der Waals surface area contributed by atoms with E-state index < -0.39 is 0 Å². The molecule has 1 aliphatic heterocycles. The van der Waals surface area contributed by atoms with Crippen LogP contribution in [-0.2, 0) is 6.54 Å². The van der Waals surface area contributed by atoms with Crippen LogP contribution in [0.3, 0.4) is 0 Å². The molecule has 17 heavy (non-hydrogen) atoms. The molecular weight excluding hydrogens is 212 g/mol. The van der Waals surface area contributed by atoms with Crippen molar-refractivity contribution in [2.45, 2.75) is 38.8 Å². The molecule has 1 aromatic carbocycles. The molecule has 1 fully saturated rings. The maximum Gasteiger partial charge on any atom is 0.249 e. The lowest BCUT2D eigenvalue weighted by Crippen LogP contribution is -2.37. The summed E-state index contributed by atoms with van der Waals surface area (Å²) in [5.74, 6) is -0.328. The number of hydrogen-bond donors (Lipinski definition) is 1. The SMILES string of the molecule is CC1CCCCN1Cc1ccccc1C(N)=O. The zero-order valence-corrected chi connectivity index (χ0v) is 10.4. The molecule has 0 aromatic heterocycles. The molecule has 0 spiro atoms. The highest BCUT2D eigenvalue weighted by atomic mass is 16.1. The van der Waals surface area contributed by atoms with Crippen LogP contribution in [0, 0.1) is 0 Å². The van der Waals surface area contributed by atoms with Crippen LogP contribution in [-0.4, -0.2) is 23.4 Å². The molecule has 1 saturated heterocycles. The summed E-state index contributed by atoms with van der Waals surface area (Å²) in [6.45, 7) is 4.21. The van der Waals surface area contributed by atoms with E-state index in [1.807, 2.05) is 24.3 Å². The first kappa shape index (κ1) is 12.1. The second-order valence-electron chi connectivity index (χ2n) is 4.84. The van der Waals surface area contributed by atoms with Crippen LogP contribution in [0.25, 0.3) is 0 Å². The van der Waals surface area contributed by atoms with Crippen molar-refractivity contribution in [2.24, 2.45) is 5.73 Å². The van der Waals surface area contributed by atoms with Crippen molar-refractivity contribution in [2.75, 3.05) is 6.54 Å². The van der Waals surface area contributed by atoms with E-state index in [9.17, 15) is 4.79 Å². The van der Waals surface area contributed by atoms with Crippen LogP contribution in [0.2, 0.25) is 0 Å². The van der Waals surface area contributed by atoms with Crippen molar-refractivity contribution in [3.63, 3.8) is 0 Å². The quantitative estimate of drug-likeness (QED) is 0.868. The van der Waals surface area contributed by atoms with Crippen LogP contribution in [0.5, 0.6) is 0 Å². The number of amides is 1. The number of likely N-dealkylation sites (tertiary alicyclic amines) is 1. The molecule has 1 heterocycles. The summed E-state index contributed by atoms with van der Waals surface area (Å²) < 4.78 is 0. The molecule has 1 amide bonds. The van der Waals surface area contributed by atoms with Gasteiger partial charge in [-0.05, 0) is 37.9 Å². The van der Waals surface area contributed by atoms with Crippen LogP contribution in [0.4, 0.5) is 0 Å². The van der Waals surface area contributed by atoms with Gasteiger partial charge in [0.2, 0.25) is 5.91 Å². The second kappa shape index (κ2) is 5.32. The number of nitrogens with zero attached hydrogens (tertiary/aromatic N) is 1. The average molecular weight is 232 g/mol. The van der Waals surface area contributed by atoms with E-state index in [4.69, 9.17) is 5.73 Å². The Morgan fingerprint density at radius 3 is 2.88 bits per heavy atom. The van der Waals surface area contributed by atoms with Gasteiger partial charge in [0.15, 0.2) is 0 Å². The Kier molecular flexibility index (Phi) is 3.79. The third kappa shape index (κ3) is 2.86. The molecule has 3 heteroatoms. The van der Waals surface area contributed by atoms with Crippen LogP contribution in [0.1, 0.15) is 42.1 Å². The van der Waals surface area contributed by atoms with Crippen LogP contribution >= 0.6 is 0 Å². The summed E-state index contributed by atoms with van der Waals surface area (Å²) in [6.07, 6.45) is 3.82. The lowest BCUT2D eigenvalue weighted by atomic mass is 10.0. The normalized spacial score (nSPS) is 21.4. The molecule has 0 bridgehead atoms. The van der Waals surface area contributed by atoms with E-state index >= 15 is 0 Å². The summed E-state index contributed by atoms with van der Waals surface area (Å²) in [5, 5.41) is 0. The number of carbonyl (C=O) groups is 1. The van der Waals surface area contributed by atoms with Gasteiger partial charge in [-0.1, -0.05) is 24.6 Å². The van der Waals surface area contributed by atoms with Gasteiger partial charge in [0, 0.05) is 18.2 Å². The minimum atomic E-state index is -0.328. The maximum atomic E-state index is 11.3. The highest BCUT2D eigenvalue weighted by Gasteiger charge is 2.19. The molecule has 3 nitrogen and oxygen atoms in total. The monoisotopic (exact) mass is 232 g/mol. The lowest BCUT2D eigenvalue weighted by molar-refractivity contribution is 0.0995. The van der Waals surface area contributed by atoms with E-state index in [0.29, 0.717) is 11.6 Å². The predicted octanol–water partition coefficient (Wildman–Crippen LogP) is 2.16. The molecular formula is C14H20N2O. The number of primary amides is 1. The number of piperidine rings is 1. The predicted molar refractivity (Wildman–Crippen MR) is 68.7 cm³/mol. The van der Waals surface area contributed by atoms with Gasteiger partial charge in [0.1, 0.15) is 0 Å². The molecule has 1 aromatic rings. The van der Waals surface area contributed by atoms with Gasteiger partial charge in [-0.2, -0.15) is 0 Å². The van der Waals surface area contributed by atoms with Gasteiger partial charge in [-0.25, -0.2) is 0 Å². The van der Waals surface area contributed by atoms with Gasteiger partial charge >= 0.3 is 0 Å². The average Bonchev–Trinajstić information content (AvgIpc) is 2.32. The van der Waals surface area contributed by atoms with Crippen LogP contribution in [0.15, 0.2) is 24.3 Å². The standard InChI is InChI=1S/C14H20N2O/c1-11-6-4-5-9-16(11)10-12-7-2-3-8-13(12)14(15)17/h2-3,7-8,11H,4-6,9-10H2,1H3,(H2,15,17). The molecule has 0 saturated carbocycles. The maximum absolute atomic E-state index is 11.3. The topological polar surface area (TPSA) is 46.3 Å². The fourth-order valence-electron chi connectivity index (χ4n) is 2.51. The molecule has 92 valence electrons. The summed E-state index contributed by atoms with van der Waals surface area (Å²) in [7, 11) is 0. The molecule has 2 rings (SSSR count). The van der Waals surface area contributed by atoms with Crippen molar-refractivity contribution in [3.8, 4) is 0 Å². The largest absolute Gasteiger partial charge is 0.366 e. The van der Waals surface area contributed by atoms with Crippen molar-refractivity contribution in [1.29, 1.82) is 0 Å². The number of carbonyl (C=O) groups excluding carboxylic acids is 1. The van der Waals surface area contributed by atoms with Gasteiger partial charge in [0.25, 0.3) is 0 Å². The number of hydrogen-bond acceptors (Lipinski definition) is 2. The Labute approximate surface area is 103 Å². The van der Waals surface area contributed by atoms with E-state index in [-0.39, 0.29) is 5.91 Å². The van der Waals surface area contributed by atoms with Crippen molar-refractivity contribution < 1.29 is 4.79 Å². The van der Waals surface area contributed by atoms with Crippen molar-refractivity contribution in [1.82, 2.24) is 4.90 Å². The Morgan fingerprint density at radius 1 is 1.41 bits per heavy atom. The fourth-order valence-corrected chi connectivity index (χ4v) is 2.51. The number of benzene rings is 1. The van der Waals surface area contributed by atoms with E-state index in [1.54, 1.807) is 0 Å². The van der Waals surface area contributed by atoms with Crippen molar-refractivity contribution >= 4 is 5.91 Å². The van der Waals surface area contributed by atoms with Gasteiger partial charge in [-0.3, -0.25) is 9.69 Å². The highest BCUT2D eigenvalue weighted by Crippen LogP contribution is 2.20. The summed E-state index contributed by atoms with van der Waals surface area (Å²) in [6, 6.07) is 8.25. The van der Waals surface area contributed by atoms with Crippen LogP contribution < -0.4 is 5.73 Å². The Hall–Kier alpha value is -1.35. The summed E-state index contributed by atoms with van der Waals surface area (Å²) in [4.78, 5) is 13.8. The van der Waals surface area contributed by atoms with Gasteiger partial charge < -0.3 is 5.73 Å². The third-order valence-corrected chi connectivity index (χ3v) is 3.60. The molecule has 1 aliphatic rings. The zero-order chi connectivity index (χ0) is 12.3. The first-order valence-corrected chi connectivity index (χ1v) is 6.30. The molecule has 2 N–H and O–H groups in total. The van der Waals surface area contributed by atoms with E-state index in [1.165, 1.54) is 19.3 Å². The minimum Gasteiger partial charge on any atom is -0.366 e. The number of rotatable bonds is 3. The molecule has 0 radical (unpaired) electrons. The van der Waals surface area contributed by atoms with Crippen molar-refractivity contribution in [3.05, 3.63) is 35.4 Å². The Morgan fingerprint density at radius 2 is 2.18 bits per heavy atom.